The van der Waals surface area contributed by atoms with Gasteiger partial charge in [0.05, 0.1) is 0 Å². The molecule has 0 heterocycles. The lowest BCUT2D eigenvalue weighted by Crippen LogP contribution is -2.23. The van der Waals surface area contributed by atoms with E-state index in [9.17, 15) is 19.8 Å². The van der Waals surface area contributed by atoms with Crippen LogP contribution in [0.1, 0.15) is 11.1 Å². The normalized spacial score (nSPS) is 18.5. The molecule has 0 atom stereocenters. The van der Waals surface area contributed by atoms with Crippen LogP contribution in [-0.4, -0.2) is 21.8 Å². The summed E-state index contributed by atoms with van der Waals surface area (Å²) in [4.78, 5) is 28.8. The first-order valence-corrected chi connectivity index (χ1v) is 13.7. The van der Waals surface area contributed by atoms with Gasteiger partial charge in [-0.15, -0.1) is 0 Å². The summed E-state index contributed by atoms with van der Waals surface area (Å²) in [7, 11) is 0. The Kier molecular flexibility index (Phi) is 5.09. The van der Waals surface area contributed by atoms with Crippen LogP contribution < -0.4 is 20.9 Å². The number of carbonyl (C=O) groups is 2. The van der Waals surface area contributed by atoms with Gasteiger partial charge in [0.2, 0.25) is 0 Å². The summed E-state index contributed by atoms with van der Waals surface area (Å²) in [6.07, 6.45) is 7.71. The average Bonchev–Trinajstić information content (AvgIpc) is 3.70. The van der Waals surface area contributed by atoms with E-state index in [-0.39, 0.29) is 23.1 Å². The highest BCUT2D eigenvalue weighted by molar-refractivity contribution is 6.41. The Bertz CT molecular complexity index is 2140. The van der Waals surface area contributed by atoms with Crippen LogP contribution in [0.3, 0.4) is 0 Å². The van der Waals surface area contributed by atoms with Gasteiger partial charge in [-0.3, -0.25) is 9.59 Å². The lowest BCUT2D eigenvalue weighted by Gasteiger charge is -2.05. The Morgan fingerprint density at radius 3 is 1.24 bits per heavy atom. The van der Waals surface area contributed by atoms with E-state index in [0.717, 1.165) is 54.3 Å². The van der Waals surface area contributed by atoms with E-state index >= 15 is 0 Å². The molecular formula is C38H22O4. The van der Waals surface area contributed by atoms with Crippen molar-refractivity contribution in [1.29, 1.82) is 0 Å². The third-order valence-corrected chi connectivity index (χ3v) is 8.28. The van der Waals surface area contributed by atoms with Crippen molar-refractivity contribution in [3.8, 4) is 11.5 Å². The molecule has 0 fully saturated rings. The van der Waals surface area contributed by atoms with Crippen LogP contribution in [-0.2, 0) is 9.59 Å². The van der Waals surface area contributed by atoms with Gasteiger partial charge in [-0.1, -0.05) is 72.8 Å². The quantitative estimate of drug-likeness (QED) is 0.388. The number of Topliss-reactive ketones (excluding diaryl/α,β-unsaturated/α-hetero) is 2. The van der Waals surface area contributed by atoms with Gasteiger partial charge >= 0.3 is 0 Å². The van der Waals surface area contributed by atoms with Crippen molar-refractivity contribution >= 4 is 47.0 Å². The molecule has 0 aromatic heterocycles. The van der Waals surface area contributed by atoms with Crippen molar-refractivity contribution in [3.05, 3.63) is 163 Å². The van der Waals surface area contributed by atoms with Crippen molar-refractivity contribution in [2.24, 2.45) is 0 Å². The van der Waals surface area contributed by atoms with E-state index < -0.39 is 0 Å². The Labute approximate surface area is 240 Å². The summed E-state index contributed by atoms with van der Waals surface area (Å²) < 4.78 is 0. The van der Waals surface area contributed by atoms with Crippen molar-refractivity contribution in [2.45, 2.75) is 0 Å². The number of hydrogen-bond donors (Lipinski definition) is 2. The molecule has 4 heteroatoms. The Balaban J connectivity index is 1.40. The number of allylic oxidation sites excluding steroid dienone is 6. The van der Waals surface area contributed by atoms with E-state index in [1.54, 1.807) is 48.5 Å². The minimum absolute atomic E-state index is 0.150. The molecule has 0 amide bonds. The second-order valence-corrected chi connectivity index (χ2v) is 10.7. The van der Waals surface area contributed by atoms with E-state index in [2.05, 4.69) is 0 Å². The van der Waals surface area contributed by atoms with Crippen molar-refractivity contribution in [3.63, 3.8) is 0 Å². The molecule has 4 nitrogen and oxygen atoms in total. The topological polar surface area (TPSA) is 74.6 Å². The summed E-state index contributed by atoms with van der Waals surface area (Å²) >= 11 is 0. The van der Waals surface area contributed by atoms with Gasteiger partial charge < -0.3 is 10.2 Å². The van der Waals surface area contributed by atoms with E-state index in [4.69, 9.17) is 0 Å². The van der Waals surface area contributed by atoms with Crippen LogP contribution in [0.5, 0.6) is 11.5 Å². The van der Waals surface area contributed by atoms with Crippen LogP contribution in [0, 0.1) is 0 Å². The first kappa shape index (κ1) is 24.1. The number of phenolic OH excluding ortho intramolecular Hbond substituents is 2. The highest BCUT2D eigenvalue weighted by Crippen LogP contribution is 2.47. The number of rotatable bonds is 3. The monoisotopic (exact) mass is 542 g/mol. The third-order valence-electron chi connectivity index (χ3n) is 8.28. The van der Waals surface area contributed by atoms with Crippen LogP contribution in [0.2, 0.25) is 0 Å². The second-order valence-electron chi connectivity index (χ2n) is 10.7. The predicted molar refractivity (Wildman–Crippen MR) is 163 cm³/mol. The zero-order chi connectivity index (χ0) is 28.5. The molecule has 0 radical (unpaired) electrons. The molecule has 2 N–H and O–H groups in total. The van der Waals surface area contributed by atoms with Crippen LogP contribution in [0.4, 0.5) is 0 Å². The largest absolute Gasteiger partial charge is 0.508 e. The Morgan fingerprint density at radius 2 is 0.833 bits per heavy atom. The van der Waals surface area contributed by atoms with Gasteiger partial charge in [-0.2, -0.15) is 0 Å². The Hall–Kier alpha value is -5.74. The maximum atomic E-state index is 14.4. The maximum Gasteiger partial charge on any atom is 0.195 e. The van der Waals surface area contributed by atoms with Gasteiger partial charge in [-0.25, -0.2) is 0 Å². The number of ketones is 2. The molecule has 0 saturated carbocycles. The number of hydrogen-bond acceptors (Lipinski definition) is 4. The SMILES string of the molecule is O=C1C(C2=C3C=c4ccccc4=C3/C(=C\c3ccc(O)cc3)C2=O)=C2C=c3ccccc3=C2/C1=C\c1ccc(O)cc1. The number of aromatic hydroxyl groups is 2. The summed E-state index contributed by atoms with van der Waals surface area (Å²) in [5.41, 5.74) is 6.63. The molecule has 0 aliphatic heterocycles. The first-order valence-electron chi connectivity index (χ1n) is 13.7. The minimum atomic E-state index is -0.190. The van der Waals surface area contributed by atoms with Gasteiger partial charge in [0.25, 0.3) is 0 Å². The molecule has 0 saturated heterocycles. The third kappa shape index (κ3) is 3.49. The molecule has 4 aromatic carbocycles. The van der Waals surface area contributed by atoms with E-state index in [1.165, 1.54) is 0 Å². The number of benzene rings is 4. The van der Waals surface area contributed by atoms with Crippen LogP contribution in [0.15, 0.2) is 131 Å². The van der Waals surface area contributed by atoms with Crippen molar-refractivity contribution in [1.82, 2.24) is 0 Å². The minimum Gasteiger partial charge on any atom is -0.508 e. The summed E-state index contributed by atoms with van der Waals surface area (Å²) in [5, 5.41) is 23.5. The maximum absolute atomic E-state index is 14.4. The van der Waals surface area contributed by atoms with Gasteiger partial charge in [0.1, 0.15) is 11.5 Å². The Morgan fingerprint density at radius 1 is 0.452 bits per heavy atom. The molecule has 8 rings (SSSR count). The molecule has 0 spiro atoms. The fraction of sp³-hybridized carbons (Fsp3) is 0. The molecule has 198 valence electrons. The van der Waals surface area contributed by atoms with Gasteiger partial charge in [-0.05, 0) is 91.7 Å². The molecule has 0 unspecified atom stereocenters. The summed E-state index contributed by atoms with van der Waals surface area (Å²) in [6.45, 7) is 0. The fourth-order valence-corrected chi connectivity index (χ4v) is 6.41. The lowest BCUT2D eigenvalue weighted by atomic mass is 9.95. The van der Waals surface area contributed by atoms with Gasteiger partial charge in [0.15, 0.2) is 11.6 Å². The average molecular weight is 543 g/mol. The summed E-state index contributed by atoms with van der Waals surface area (Å²) in [6, 6.07) is 29.4. The standard InChI is InChI=1S/C38H22O4/c39-25-13-9-21(10-14-25)17-31-33-27-7-3-1-5-23(27)19-29(33)35(37(31)41)36-30-20-24-6-2-4-8-28(24)34(30)32(38(36)42)18-22-11-15-26(40)16-12-22/h1-20,39-40H/b31-17+,32-18+. The van der Waals surface area contributed by atoms with E-state index in [1.807, 2.05) is 72.8 Å². The number of fused-ring (bicyclic) bond motifs is 4. The smallest absolute Gasteiger partial charge is 0.195 e. The first-order chi connectivity index (χ1) is 20.5. The molecule has 0 bridgehead atoms. The molecule has 42 heavy (non-hydrogen) atoms. The molecule has 4 aromatic rings. The molecular weight excluding hydrogens is 520 g/mol. The fourth-order valence-electron chi connectivity index (χ4n) is 6.41. The van der Waals surface area contributed by atoms with Crippen LogP contribution >= 0.6 is 0 Å². The number of carbonyl (C=O) groups excluding carboxylic acids is 2. The molecule has 4 aliphatic carbocycles. The number of phenols is 2. The predicted octanol–water partition coefficient (Wildman–Crippen LogP) is 3.61. The highest BCUT2D eigenvalue weighted by Gasteiger charge is 2.43. The zero-order valence-electron chi connectivity index (χ0n) is 22.3. The second kappa shape index (κ2) is 8.88. The van der Waals surface area contributed by atoms with Crippen LogP contribution in [0.25, 0.3) is 35.5 Å². The molecule has 4 aliphatic rings. The highest BCUT2D eigenvalue weighted by atomic mass is 16.3. The lowest BCUT2D eigenvalue weighted by molar-refractivity contribution is -0.114. The van der Waals surface area contributed by atoms with Crippen molar-refractivity contribution < 1.29 is 19.8 Å². The summed E-state index contributed by atoms with van der Waals surface area (Å²) in [5.74, 6) is -0.0801. The van der Waals surface area contributed by atoms with Gasteiger partial charge in [0, 0.05) is 33.4 Å². The zero-order valence-corrected chi connectivity index (χ0v) is 22.3. The van der Waals surface area contributed by atoms with E-state index in [0.29, 0.717) is 22.3 Å². The van der Waals surface area contributed by atoms with Crippen molar-refractivity contribution in [2.75, 3.05) is 0 Å².